The summed E-state index contributed by atoms with van der Waals surface area (Å²) in [7, 11) is -2.04. The summed E-state index contributed by atoms with van der Waals surface area (Å²) in [5.74, 6) is 2.08. The van der Waals surface area contributed by atoms with Crippen LogP contribution in [0, 0.1) is 0 Å². The molecule has 0 radical (unpaired) electrons. The SMILES string of the molecule is CCC[CH2][V]([CH3])([CH3])(=[SiH2])([CH2]CCC)([CH]1C(CC)=Cc2c(C(C)C)cc(C(C)C)cc21)[CH]1C(CC)=Cc2c(C(C)C)cc(C(C)C)cc21. The molecule has 0 aliphatic heterocycles. The number of fused-ring (bicyclic) bond motifs is 2. The maximum absolute atomic E-state index is 4.71. The van der Waals surface area contributed by atoms with E-state index in [1.54, 1.807) is 55.7 Å². The Bertz CT molecular complexity index is 1560. The number of unbranched alkanes of at least 4 members (excludes halogenated alkanes) is 2. The van der Waals surface area contributed by atoms with Gasteiger partial charge in [-0.05, 0) is 0 Å². The van der Waals surface area contributed by atoms with Gasteiger partial charge in [-0.25, -0.2) is 0 Å². The molecule has 0 heterocycles. The molecule has 46 heavy (non-hydrogen) atoms. The average molecular weight is 680 g/mol. The van der Waals surface area contributed by atoms with Gasteiger partial charge in [0.25, 0.3) is 0 Å². The van der Waals surface area contributed by atoms with Crippen LogP contribution in [-0.4, -0.2) is 8.15 Å². The van der Waals surface area contributed by atoms with Gasteiger partial charge in [-0.15, -0.1) is 0 Å². The van der Waals surface area contributed by atoms with Gasteiger partial charge in [-0.2, -0.15) is 0 Å². The second-order valence-electron chi connectivity index (χ2n) is 19.2. The van der Waals surface area contributed by atoms with Gasteiger partial charge in [-0.1, -0.05) is 0 Å². The third kappa shape index (κ3) is 5.65. The Morgan fingerprint density at radius 2 is 0.913 bits per heavy atom. The molecule has 0 fully saturated rings. The van der Waals surface area contributed by atoms with Crippen LogP contribution in [0.1, 0.15) is 199 Å². The summed E-state index contributed by atoms with van der Waals surface area (Å²) in [5, 5.41) is 2.76. The van der Waals surface area contributed by atoms with E-state index in [9.17, 15) is 0 Å². The first-order valence-corrected chi connectivity index (χ1v) is 29.3. The zero-order chi connectivity index (χ0) is 34.5. The molecule has 2 aliphatic rings. The minimum atomic E-state index is -4.71. The zero-order valence-electron chi connectivity index (χ0n) is 32.7. The molecule has 0 amide bonds. The number of hydrogen-bond donors (Lipinski definition) is 0. The Balaban J connectivity index is 2.32. The number of rotatable bonds is 14. The van der Waals surface area contributed by atoms with Crippen molar-refractivity contribution in [3.8, 4) is 0 Å². The van der Waals surface area contributed by atoms with E-state index in [1.807, 2.05) is 0 Å². The summed E-state index contributed by atoms with van der Waals surface area (Å²) in [5.41, 5.74) is 22.4. The molecule has 4 rings (SSSR count). The normalized spacial score (nSPS) is 20.4. The molecule has 0 spiro atoms. The standard InChI is InChI=1S/2C17H23.2C4H9.2CH3.H2Si.V/c2*1-6-13-7-15-9-14(11(2)3)10-16(12(4)5)17(15)8-13;2*1-3-4-2;;;;/h2*7-12H,6H2,1-5H3;2*1,3-4H2,2H3;2*1H3;1H2;. The van der Waals surface area contributed by atoms with Crippen molar-refractivity contribution in [2.24, 2.45) is 0 Å². The molecule has 2 aromatic rings. The van der Waals surface area contributed by atoms with Gasteiger partial charge < -0.3 is 0 Å². The van der Waals surface area contributed by atoms with Crippen LogP contribution in [0.2, 0.25) is 21.5 Å². The molecule has 0 N–H and O–H groups in total. The Morgan fingerprint density at radius 1 is 0.565 bits per heavy atom. The molecule has 2 aliphatic carbocycles. The monoisotopic (exact) mass is 679 g/mol. The Kier molecular flexibility index (Phi) is 9.75. The van der Waals surface area contributed by atoms with Gasteiger partial charge in [0.2, 0.25) is 0 Å². The van der Waals surface area contributed by atoms with Crippen LogP contribution in [0.3, 0.4) is 0 Å². The fourth-order valence-electron chi connectivity index (χ4n) is 10.8. The summed E-state index contributed by atoms with van der Waals surface area (Å²) in [6.45, 7) is 29.2. The van der Waals surface area contributed by atoms with Crippen LogP contribution in [0.4, 0.5) is 0 Å². The second kappa shape index (κ2) is 11.9. The molecule has 257 valence electrons. The van der Waals surface area contributed by atoms with Crippen molar-refractivity contribution in [3.05, 3.63) is 79.9 Å². The summed E-state index contributed by atoms with van der Waals surface area (Å²) in [6, 6.07) is 10.6. The van der Waals surface area contributed by atoms with Gasteiger partial charge in [0.1, 0.15) is 0 Å². The fourth-order valence-corrected chi connectivity index (χ4v) is 34.5. The Morgan fingerprint density at radius 3 is 1.17 bits per heavy atom. The van der Waals surface area contributed by atoms with E-state index >= 15 is 0 Å². The topological polar surface area (TPSA) is 0 Å². The Labute approximate surface area is 284 Å². The first-order valence-electron chi connectivity index (χ1n) is 19.3. The van der Waals surface area contributed by atoms with Gasteiger partial charge >= 0.3 is 286 Å². The second-order valence-corrected chi connectivity index (χ2v) is 50.7. The van der Waals surface area contributed by atoms with Gasteiger partial charge in [0.05, 0.1) is 0 Å². The molecule has 2 heteroatoms. The fraction of sp³-hybridized carbons (Fsp3) is 0.636. The van der Waals surface area contributed by atoms with Crippen LogP contribution in [0.5, 0.6) is 0 Å². The van der Waals surface area contributed by atoms with Crippen LogP contribution in [-0.2, 0) is 9.47 Å². The third-order valence-electron chi connectivity index (χ3n) is 13.4. The molecule has 0 saturated heterocycles. The van der Waals surface area contributed by atoms with E-state index in [2.05, 4.69) is 139 Å². The molecule has 0 aromatic heterocycles. The van der Waals surface area contributed by atoms with E-state index in [-0.39, 0.29) is 0 Å². The maximum atomic E-state index is 3.04. The minimum absolute atomic E-state index is 0.506. The zero-order valence-corrected chi connectivity index (χ0v) is 35.6. The van der Waals surface area contributed by atoms with E-state index in [4.69, 9.17) is 0 Å². The van der Waals surface area contributed by atoms with Crippen LogP contribution < -0.4 is 0 Å². The predicted octanol–water partition coefficient (Wildman–Crippen LogP) is 14.4. The first kappa shape index (κ1) is 37.5. The van der Waals surface area contributed by atoms with Crippen molar-refractivity contribution < 1.29 is 9.47 Å². The van der Waals surface area contributed by atoms with Crippen molar-refractivity contribution in [2.45, 2.75) is 176 Å². The van der Waals surface area contributed by atoms with Crippen molar-refractivity contribution in [1.82, 2.24) is 0 Å². The van der Waals surface area contributed by atoms with Crippen molar-refractivity contribution >= 4 is 20.3 Å². The molecule has 0 bridgehead atoms. The molecular formula is C44H72SiV. The van der Waals surface area contributed by atoms with E-state index in [1.165, 1.54) is 35.9 Å². The van der Waals surface area contributed by atoms with Gasteiger partial charge in [0, 0.05) is 0 Å². The number of benzene rings is 2. The summed E-state index contributed by atoms with van der Waals surface area (Å²) >= 11 is 0. The summed E-state index contributed by atoms with van der Waals surface area (Å²) in [6.07, 6.45) is 12.9. The van der Waals surface area contributed by atoms with E-state index in [0.717, 1.165) is 12.8 Å². The van der Waals surface area contributed by atoms with Crippen molar-refractivity contribution in [2.75, 3.05) is 0 Å². The number of hydrogen-bond acceptors (Lipinski definition) is 0. The van der Waals surface area contributed by atoms with Crippen molar-refractivity contribution in [1.29, 1.82) is 0 Å². The molecule has 2 unspecified atom stereocenters. The predicted molar refractivity (Wildman–Crippen MR) is 211 cm³/mol. The van der Waals surface area contributed by atoms with Crippen molar-refractivity contribution in [3.63, 3.8) is 0 Å². The van der Waals surface area contributed by atoms with Gasteiger partial charge in [0.15, 0.2) is 0 Å². The average Bonchev–Trinajstić information content (AvgIpc) is 3.59. The number of allylic oxidation sites excluding steroid dienone is 2. The van der Waals surface area contributed by atoms with Gasteiger partial charge in [-0.3, -0.25) is 0 Å². The quantitative estimate of drug-likeness (QED) is 0.174. The van der Waals surface area contributed by atoms with Crippen LogP contribution in [0.25, 0.3) is 12.2 Å². The molecular weight excluding hydrogens is 608 g/mol. The first-order chi connectivity index (χ1) is 21.3. The Hall–Kier alpha value is -1.28. The summed E-state index contributed by atoms with van der Waals surface area (Å²) in [4.78, 5) is 0. The van der Waals surface area contributed by atoms with E-state index < -0.39 is 9.47 Å². The van der Waals surface area contributed by atoms with E-state index in [0.29, 0.717) is 32.9 Å². The van der Waals surface area contributed by atoms with Crippen LogP contribution in [0.15, 0.2) is 35.4 Å². The third-order valence-corrected chi connectivity index (χ3v) is 35.8. The molecule has 0 saturated carbocycles. The molecule has 2 atom stereocenters. The van der Waals surface area contributed by atoms with Crippen LogP contribution >= 0.6 is 0 Å². The molecule has 0 nitrogen and oxygen atoms in total. The summed E-state index contributed by atoms with van der Waals surface area (Å²) < 4.78 is 1.01. The molecule has 2 aromatic carbocycles.